The largest absolute Gasteiger partial charge is 0.495 e. The van der Waals surface area contributed by atoms with Gasteiger partial charge in [-0.25, -0.2) is 5.10 Å². The Morgan fingerprint density at radius 1 is 1.42 bits per heavy atom. The summed E-state index contributed by atoms with van der Waals surface area (Å²) in [6, 6.07) is 6.60. The summed E-state index contributed by atoms with van der Waals surface area (Å²) in [4.78, 5) is 11.6. The molecule has 2 rings (SSSR count). The number of nitrogens with zero attached hydrogens (tertiary/aromatic N) is 1. The van der Waals surface area contributed by atoms with Crippen LogP contribution in [0.1, 0.15) is 18.5 Å². The van der Waals surface area contributed by atoms with E-state index in [1.807, 2.05) is 6.07 Å². The molecule has 1 aromatic heterocycles. The van der Waals surface area contributed by atoms with Crippen molar-refractivity contribution in [2.24, 2.45) is 5.73 Å². The minimum Gasteiger partial charge on any atom is -0.495 e. The Hall–Kier alpha value is -1.85. The van der Waals surface area contributed by atoms with Crippen molar-refractivity contribution in [3.05, 3.63) is 45.2 Å². The van der Waals surface area contributed by atoms with Crippen molar-refractivity contribution in [1.29, 1.82) is 0 Å². The molecule has 0 radical (unpaired) electrons. The van der Waals surface area contributed by atoms with Crippen LogP contribution < -0.4 is 16.0 Å². The number of methoxy groups -OCH3 is 1. The molecule has 0 spiro atoms. The van der Waals surface area contributed by atoms with Gasteiger partial charge in [0, 0.05) is 17.2 Å². The molecule has 0 aliphatic heterocycles. The number of aromatic nitrogens is 2. The van der Waals surface area contributed by atoms with Crippen molar-refractivity contribution in [2.45, 2.75) is 13.0 Å². The van der Waals surface area contributed by atoms with Crippen LogP contribution in [0.25, 0.3) is 11.3 Å². The molecule has 1 aromatic carbocycles. The molecule has 6 heteroatoms. The normalized spacial score (nSPS) is 12.2. The van der Waals surface area contributed by atoms with Gasteiger partial charge >= 0.3 is 0 Å². The molecular weight excluding hydrogens is 266 g/mol. The van der Waals surface area contributed by atoms with Crippen molar-refractivity contribution in [1.82, 2.24) is 10.2 Å². The van der Waals surface area contributed by atoms with Crippen LogP contribution in [-0.2, 0) is 0 Å². The SMILES string of the molecule is COc1ccc(-c2cc(C(C)N)c(=O)[nH]n2)cc1Cl. The van der Waals surface area contributed by atoms with E-state index in [9.17, 15) is 4.79 Å². The summed E-state index contributed by atoms with van der Waals surface area (Å²) >= 11 is 6.06. The van der Waals surface area contributed by atoms with Crippen LogP contribution in [0.15, 0.2) is 29.1 Å². The van der Waals surface area contributed by atoms with Crippen LogP contribution >= 0.6 is 11.6 Å². The second kappa shape index (κ2) is 5.42. The summed E-state index contributed by atoms with van der Waals surface area (Å²) in [5, 5.41) is 6.91. The molecule has 0 saturated heterocycles. The molecule has 3 N–H and O–H groups in total. The predicted octanol–water partition coefficient (Wildman–Crippen LogP) is 2.12. The summed E-state index contributed by atoms with van der Waals surface area (Å²) in [5.41, 5.74) is 7.34. The molecule has 0 fully saturated rings. The molecule has 0 saturated carbocycles. The van der Waals surface area contributed by atoms with Crippen molar-refractivity contribution < 1.29 is 4.74 Å². The van der Waals surface area contributed by atoms with E-state index in [1.165, 1.54) is 0 Å². The molecule has 0 bridgehead atoms. The molecule has 1 unspecified atom stereocenters. The third-order valence-corrected chi connectivity index (χ3v) is 3.07. The number of aromatic amines is 1. The molecule has 0 aliphatic carbocycles. The van der Waals surface area contributed by atoms with E-state index in [4.69, 9.17) is 22.1 Å². The van der Waals surface area contributed by atoms with Gasteiger partial charge in [0.1, 0.15) is 5.75 Å². The second-order valence-electron chi connectivity index (χ2n) is 4.18. The highest BCUT2D eigenvalue weighted by molar-refractivity contribution is 6.32. The molecule has 1 atom stereocenters. The number of hydrogen-bond acceptors (Lipinski definition) is 4. The van der Waals surface area contributed by atoms with E-state index in [0.29, 0.717) is 22.0 Å². The Kier molecular flexibility index (Phi) is 3.87. The van der Waals surface area contributed by atoms with Crippen LogP contribution in [0.2, 0.25) is 5.02 Å². The van der Waals surface area contributed by atoms with E-state index >= 15 is 0 Å². The lowest BCUT2D eigenvalue weighted by molar-refractivity contribution is 0.415. The molecule has 19 heavy (non-hydrogen) atoms. The van der Waals surface area contributed by atoms with Gasteiger partial charge in [-0.3, -0.25) is 4.79 Å². The van der Waals surface area contributed by atoms with Gasteiger partial charge in [-0.15, -0.1) is 0 Å². The fraction of sp³-hybridized carbons (Fsp3) is 0.231. The first-order valence-electron chi connectivity index (χ1n) is 5.72. The lowest BCUT2D eigenvalue weighted by atomic mass is 10.1. The number of nitrogens with one attached hydrogen (secondary N) is 1. The third-order valence-electron chi connectivity index (χ3n) is 2.77. The fourth-order valence-electron chi connectivity index (χ4n) is 1.73. The monoisotopic (exact) mass is 279 g/mol. The van der Waals surface area contributed by atoms with Crippen LogP contribution in [0, 0.1) is 0 Å². The van der Waals surface area contributed by atoms with E-state index in [-0.39, 0.29) is 11.6 Å². The van der Waals surface area contributed by atoms with Gasteiger partial charge in [-0.2, -0.15) is 5.10 Å². The van der Waals surface area contributed by atoms with Gasteiger partial charge in [-0.1, -0.05) is 11.6 Å². The minimum atomic E-state index is -0.362. The smallest absolute Gasteiger partial charge is 0.268 e. The minimum absolute atomic E-state index is 0.279. The molecular formula is C13H14ClN3O2. The van der Waals surface area contributed by atoms with Crippen molar-refractivity contribution in [3.63, 3.8) is 0 Å². The number of halogens is 1. The summed E-state index contributed by atoms with van der Waals surface area (Å²) < 4.78 is 5.09. The molecule has 1 heterocycles. The third kappa shape index (κ3) is 2.77. The van der Waals surface area contributed by atoms with Crippen LogP contribution in [0.4, 0.5) is 0 Å². The summed E-state index contributed by atoms with van der Waals surface area (Å²) in [6.45, 7) is 1.75. The highest BCUT2D eigenvalue weighted by Crippen LogP contribution is 2.29. The Morgan fingerprint density at radius 2 is 2.16 bits per heavy atom. The second-order valence-corrected chi connectivity index (χ2v) is 4.58. The first kappa shape index (κ1) is 13.6. The number of H-pyrrole nitrogens is 1. The van der Waals surface area contributed by atoms with Gasteiger partial charge in [0.05, 0.1) is 17.8 Å². The quantitative estimate of drug-likeness (QED) is 0.902. The van der Waals surface area contributed by atoms with E-state index in [0.717, 1.165) is 5.56 Å². The molecule has 0 amide bonds. The topological polar surface area (TPSA) is 81.0 Å². The number of hydrogen-bond donors (Lipinski definition) is 2. The Labute approximate surface area is 115 Å². The maximum absolute atomic E-state index is 11.6. The maximum atomic E-state index is 11.6. The van der Waals surface area contributed by atoms with Gasteiger partial charge in [0.25, 0.3) is 5.56 Å². The Balaban J connectivity index is 2.50. The van der Waals surface area contributed by atoms with Crippen molar-refractivity contribution in [2.75, 3.05) is 7.11 Å². The fourth-order valence-corrected chi connectivity index (χ4v) is 1.99. The highest BCUT2D eigenvalue weighted by Gasteiger charge is 2.10. The zero-order chi connectivity index (χ0) is 14.0. The Bertz CT molecular complexity index is 653. The number of ether oxygens (including phenoxy) is 1. The number of rotatable bonds is 3. The molecule has 100 valence electrons. The summed E-state index contributed by atoms with van der Waals surface area (Å²) in [6.07, 6.45) is 0. The maximum Gasteiger partial charge on any atom is 0.268 e. The van der Waals surface area contributed by atoms with E-state index < -0.39 is 0 Å². The van der Waals surface area contributed by atoms with E-state index in [1.54, 1.807) is 32.2 Å². The lowest BCUT2D eigenvalue weighted by Gasteiger charge is -2.08. The van der Waals surface area contributed by atoms with Crippen molar-refractivity contribution in [3.8, 4) is 17.0 Å². The zero-order valence-corrected chi connectivity index (χ0v) is 11.4. The number of nitrogens with two attached hydrogens (primary N) is 1. The van der Waals surface area contributed by atoms with Gasteiger partial charge in [0.2, 0.25) is 0 Å². The summed E-state index contributed by atoms with van der Waals surface area (Å²) in [5.74, 6) is 0.585. The van der Waals surface area contributed by atoms with Crippen molar-refractivity contribution >= 4 is 11.6 Å². The molecule has 2 aromatic rings. The standard InChI is InChI=1S/C13H14ClN3O2/c1-7(15)9-6-11(16-17-13(9)18)8-3-4-12(19-2)10(14)5-8/h3-7H,15H2,1-2H3,(H,17,18). The zero-order valence-electron chi connectivity index (χ0n) is 10.6. The first-order chi connectivity index (χ1) is 9.02. The average Bonchev–Trinajstić information content (AvgIpc) is 2.38. The summed E-state index contributed by atoms with van der Waals surface area (Å²) in [7, 11) is 1.55. The predicted molar refractivity (Wildman–Crippen MR) is 74.5 cm³/mol. The van der Waals surface area contributed by atoms with Gasteiger partial charge in [-0.05, 0) is 31.2 Å². The average molecular weight is 280 g/mol. The van der Waals surface area contributed by atoms with Gasteiger partial charge < -0.3 is 10.5 Å². The van der Waals surface area contributed by atoms with Crippen LogP contribution in [0.5, 0.6) is 5.75 Å². The van der Waals surface area contributed by atoms with Gasteiger partial charge in [0.15, 0.2) is 0 Å². The first-order valence-corrected chi connectivity index (χ1v) is 6.10. The molecule has 5 nitrogen and oxygen atoms in total. The molecule has 0 aliphatic rings. The Morgan fingerprint density at radius 3 is 2.74 bits per heavy atom. The number of benzene rings is 1. The van der Waals surface area contributed by atoms with Crippen LogP contribution in [0.3, 0.4) is 0 Å². The van der Waals surface area contributed by atoms with Crippen LogP contribution in [-0.4, -0.2) is 17.3 Å². The van der Waals surface area contributed by atoms with E-state index in [2.05, 4.69) is 10.2 Å². The highest BCUT2D eigenvalue weighted by atomic mass is 35.5. The lowest BCUT2D eigenvalue weighted by Crippen LogP contribution is -2.20.